The van der Waals surface area contributed by atoms with Crippen LogP contribution in [0.5, 0.6) is 0 Å². The molecule has 0 saturated heterocycles. The predicted molar refractivity (Wildman–Crippen MR) is 115 cm³/mol. The van der Waals surface area contributed by atoms with Gasteiger partial charge in [0.2, 0.25) is 15.2 Å². The van der Waals surface area contributed by atoms with E-state index in [9.17, 15) is 8.42 Å². The zero-order chi connectivity index (χ0) is 20.7. The number of furan rings is 1. The Morgan fingerprint density at radius 2 is 1.97 bits per heavy atom. The first-order chi connectivity index (χ1) is 14.5. The Hall–Kier alpha value is -2.95. The largest absolute Gasteiger partial charge is 0.463 e. The van der Waals surface area contributed by atoms with Crippen LogP contribution in [0.2, 0.25) is 0 Å². The van der Waals surface area contributed by atoms with Crippen LogP contribution in [-0.4, -0.2) is 35.8 Å². The Morgan fingerprint density at radius 1 is 1.17 bits per heavy atom. The van der Waals surface area contributed by atoms with Crippen LogP contribution >= 0.6 is 11.8 Å². The summed E-state index contributed by atoms with van der Waals surface area (Å²) < 4.78 is 33.9. The SMILES string of the molecule is CS(=O)(=O)N[C@H]1c2cccc3cccc(c23)[C@H]1Sc1nncn1/N=C\c1ccco1. The summed E-state index contributed by atoms with van der Waals surface area (Å²) in [6.07, 6.45) is 5.82. The molecular formula is C20H17N5O3S2. The van der Waals surface area contributed by atoms with Crippen molar-refractivity contribution in [2.24, 2.45) is 5.10 Å². The maximum absolute atomic E-state index is 12.1. The Balaban J connectivity index is 1.54. The van der Waals surface area contributed by atoms with Crippen molar-refractivity contribution in [1.29, 1.82) is 0 Å². The zero-order valence-electron chi connectivity index (χ0n) is 15.8. The topological polar surface area (TPSA) is 102 Å². The number of sulfonamides is 1. The van der Waals surface area contributed by atoms with Gasteiger partial charge in [-0.25, -0.2) is 13.1 Å². The van der Waals surface area contributed by atoms with E-state index in [1.165, 1.54) is 24.3 Å². The van der Waals surface area contributed by atoms with E-state index in [-0.39, 0.29) is 5.25 Å². The molecule has 2 atom stereocenters. The molecule has 2 aromatic heterocycles. The first-order valence-electron chi connectivity index (χ1n) is 9.13. The van der Waals surface area contributed by atoms with E-state index in [1.807, 2.05) is 36.4 Å². The summed E-state index contributed by atoms with van der Waals surface area (Å²) >= 11 is 1.42. The van der Waals surface area contributed by atoms with Gasteiger partial charge in [0.05, 0.1) is 30.0 Å². The van der Waals surface area contributed by atoms with Crippen molar-refractivity contribution in [2.75, 3.05) is 6.26 Å². The molecule has 4 aromatic rings. The van der Waals surface area contributed by atoms with Crippen LogP contribution in [0.25, 0.3) is 10.8 Å². The Morgan fingerprint density at radius 3 is 2.70 bits per heavy atom. The van der Waals surface area contributed by atoms with Crippen LogP contribution in [0.1, 0.15) is 28.2 Å². The highest BCUT2D eigenvalue weighted by Gasteiger charge is 2.37. The van der Waals surface area contributed by atoms with Gasteiger partial charge in [0.15, 0.2) is 0 Å². The molecule has 0 unspecified atom stereocenters. The molecule has 0 aliphatic heterocycles. The van der Waals surface area contributed by atoms with Crippen molar-refractivity contribution in [3.05, 3.63) is 78.0 Å². The number of hydrogen-bond donors (Lipinski definition) is 1. The molecule has 0 amide bonds. The summed E-state index contributed by atoms with van der Waals surface area (Å²) in [7, 11) is -3.43. The quantitative estimate of drug-likeness (QED) is 0.462. The molecule has 0 fully saturated rings. The minimum absolute atomic E-state index is 0.220. The molecule has 0 radical (unpaired) electrons. The number of nitrogens with zero attached hydrogens (tertiary/aromatic N) is 4. The molecule has 10 heteroatoms. The van der Waals surface area contributed by atoms with Crippen LogP contribution < -0.4 is 4.72 Å². The fraction of sp³-hybridized carbons (Fsp3) is 0.150. The maximum Gasteiger partial charge on any atom is 0.212 e. The molecular weight excluding hydrogens is 422 g/mol. The maximum atomic E-state index is 12.1. The van der Waals surface area contributed by atoms with Crippen molar-refractivity contribution in [1.82, 2.24) is 19.6 Å². The Bertz CT molecular complexity index is 1340. The van der Waals surface area contributed by atoms with Crippen LogP contribution in [0.15, 0.2) is 75.8 Å². The lowest BCUT2D eigenvalue weighted by Gasteiger charge is -2.21. The summed E-state index contributed by atoms with van der Waals surface area (Å²) in [5.74, 6) is 0.606. The van der Waals surface area contributed by atoms with Gasteiger partial charge in [0, 0.05) is 0 Å². The van der Waals surface area contributed by atoms with Gasteiger partial charge in [-0.1, -0.05) is 48.2 Å². The third-order valence-electron chi connectivity index (χ3n) is 4.84. The standard InChI is InChI=1S/C20H17N5O3S2/c1-30(26,27)24-18-15-8-2-5-13-6-3-9-16(17(13)15)19(18)29-20-23-21-12-25(20)22-11-14-7-4-10-28-14/h2-12,18-19,24H,1H3/b22-11-/t18-,19+/m0/s1. The van der Waals surface area contributed by atoms with E-state index >= 15 is 0 Å². The van der Waals surface area contributed by atoms with E-state index in [2.05, 4.69) is 20.0 Å². The third kappa shape index (κ3) is 3.53. The van der Waals surface area contributed by atoms with Crippen molar-refractivity contribution < 1.29 is 12.8 Å². The highest BCUT2D eigenvalue weighted by atomic mass is 32.2. The van der Waals surface area contributed by atoms with Crippen LogP contribution in [0.3, 0.4) is 0 Å². The molecule has 0 saturated carbocycles. The second-order valence-corrected chi connectivity index (χ2v) is 9.81. The normalized spacial score (nSPS) is 18.6. The zero-order valence-corrected chi connectivity index (χ0v) is 17.5. The first kappa shape index (κ1) is 19.0. The van der Waals surface area contributed by atoms with E-state index in [1.54, 1.807) is 29.3 Å². The Kier molecular flexibility index (Phi) is 4.69. The molecule has 2 aromatic carbocycles. The van der Waals surface area contributed by atoms with Crippen LogP contribution in [0.4, 0.5) is 0 Å². The lowest BCUT2D eigenvalue weighted by molar-refractivity contribution is 0.558. The predicted octanol–water partition coefficient (Wildman–Crippen LogP) is 3.34. The van der Waals surface area contributed by atoms with Crippen LogP contribution in [0, 0.1) is 0 Å². The summed E-state index contributed by atoms with van der Waals surface area (Å²) in [6, 6.07) is 15.1. The lowest BCUT2D eigenvalue weighted by Crippen LogP contribution is -2.28. The van der Waals surface area contributed by atoms with E-state index in [4.69, 9.17) is 4.42 Å². The van der Waals surface area contributed by atoms with Gasteiger partial charge >= 0.3 is 0 Å². The van der Waals surface area contributed by atoms with Gasteiger partial charge in [-0.05, 0) is 34.0 Å². The van der Waals surface area contributed by atoms with E-state index in [0.717, 1.165) is 21.9 Å². The third-order valence-corrected chi connectivity index (χ3v) is 6.78. The fourth-order valence-electron chi connectivity index (χ4n) is 3.70. The highest BCUT2D eigenvalue weighted by molar-refractivity contribution is 7.99. The molecule has 2 heterocycles. The number of aromatic nitrogens is 3. The number of hydrogen-bond acceptors (Lipinski definition) is 7. The molecule has 1 aliphatic rings. The summed E-state index contributed by atoms with van der Waals surface area (Å²) in [5.41, 5.74) is 2.01. The smallest absolute Gasteiger partial charge is 0.212 e. The highest BCUT2D eigenvalue weighted by Crippen LogP contribution is 2.52. The second kappa shape index (κ2) is 7.38. The summed E-state index contributed by atoms with van der Waals surface area (Å²) in [4.78, 5) is 0. The van der Waals surface area contributed by atoms with Crippen molar-refractivity contribution in [2.45, 2.75) is 16.4 Å². The van der Waals surface area contributed by atoms with Gasteiger partial charge in [0.1, 0.15) is 12.1 Å². The molecule has 1 N–H and O–H groups in total. The first-order valence-corrected chi connectivity index (χ1v) is 11.9. The molecule has 1 aliphatic carbocycles. The second-order valence-electron chi connectivity index (χ2n) is 6.92. The molecule has 0 bridgehead atoms. The molecule has 30 heavy (non-hydrogen) atoms. The lowest BCUT2D eigenvalue weighted by atomic mass is 10.1. The number of thioether (sulfide) groups is 1. The molecule has 152 valence electrons. The van der Waals surface area contributed by atoms with Gasteiger partial charge < -0.3 is 4.42 Å². The molecule has 0 spiro atoms. The summed E-state index contributed by atoms with van der Waals surface area (Å²) in [6.45, 7) is 0. The monoisotopic (exact) mass is 439 g/mol. The van der Waals surface area contributed by atoms with Crippen LogP contribution in [-0.2, 0) is 10.0 Å². The Labute approximate surface area is 177 Å². The number of nitrogens with one attached hydrogen (secondary N) is 1. The van der Waals surface area contributed by atoms with E-state index < -0.39 is 16.1 Å². The summed E-state index contributed by atoms with van der Waals surface area (Å²) in [5, 5.41) is 15.0. The van der Waals surface area contributed by atoms with Gasteiger partial charge in [-0.2, -0.15) is 9.78 Å². The van der Waals surface area contributed by atoms with Gasteiger partial charge in [0.25, 0.3) is 0 Å². The van der Waals surface area contributed by atoms with Gasteiger partial charge in [-0.15, -0.1) is 10.2 Å². The van der Waals surface area contributed by atoms with Crippen molar-refractivity contribution in [3.8, 4) is 0 Å². The average Bonchev–Trinajstić information content (AvgIpc) is 3.44. The number of rotatable bonds is 6. The minimum atomic E-state index is -3.43. The number of benzene rings is 2. The molecule has 8 nitrogen and oxygen atoms in total. The molecule has 5 rings (SSSR count). The van der Waals surface area contributed by atoms with Gasteiger partial charge in [-0.3, -0.25) is 0 Å². The fourth-order valence-corrected chi connectivity index (χ4v) is 5.71. The average molecular weight is 440 g/mol. The van der Waals surface area contributed by atoms with Crippen molar-refractivity contribution >= 4 is 38.8 Å². The van der Waals surface area contributed by atoms with E-state index in [0.29, 0.717) is 10.9 Å². The van der Waals surface area contributed by atoms with Crippen molar-refractivity contribution in [3.63, 3.8) is 0 Å². The minimum Gasteiger partial charge on any atom is -0.463 e.